The van der Waals surface area contributed by atoms with E-state index < -0.39 is 0 Å². The highest BCUT2D eigenvalue weighted by atomic mass is 127. The topological polar surface area (TPSA) is 89.8 Å². The molecule has 0 atom stereocenters. The summed E-state index contributed by atoms with van der Waals surface area (Å²) in [4.78, 5) is 12.4. The van der Waals surface area contributed by atoms with Crippen LogP contribution in [-0.4, -0.2) is 33.8 Å². The lowest BCUT2D eigenvalue weighted by molar-refractivity contribution is -0.118. The molecule has 0 saturated heterocycles. The third kappa shape index (κ3) is 6.67. The summed E-state index contributed by atoms with van der Waals surface area (Å²) in [6.07, 6.45) is 1.75. The van der Waals surface area contributed by atoms with E-state index >= 15 is 0 Å². The van der Waals surface area contributed by atoms with Crippen molar-refractivity contribution in [1.29, 1.82) is 5.26 Å². The summed E-state index contributed by atoms with van der Waals surface area (Å²) in [6, 6.07) is 18.7. The van der Waals surface area contributed by atoms with Crippen LogP contribution in [0.3, 0.4) is 0 Å². The number of amides is 1. The van der Waals surface area contributed by atoms with E-state index in [1.807, 2.05) is 37.3 Å². The largest absolute Gasteiger partial charge is 0.493 e. The van der Waals surface area contributed by atoms with E-state index in [0.717, 1.165) is 14.7 Å². The molecule has 1 N–H and O–H groups in total. The summed E-state index contributed by atoms with van der Waals surface area (Å²) >= 11 is 2.12. The Morgan fingerprint density at radius 2 is 1.74 bits per heavy atom. The molecule has 3 aromatic carbocycles. The molecule has 1 amide bonds. The van der Waals surface area contributed by atoms with Crippen LogP contribution in [-0.2, 0) is 4.79 Å². The van der Waals surface area contributed by atoms with Crippen LogP contribution < -0.4 is 24.3 Å². The second kappa shape index (κ2) is 12.1. The molecule has 0 spiro atoms. The zero-order valence-corrected chi connectivity index (χ0v) is 22.0. The van der Waals surface area contributed by atoms with E-state index in [4.69, 9.17) is 18.9 Å². The van der Waals surface area contributed by atoms with Crippen molar-refractivity contribution >= 4 is 45.8 Å². The molecule has 0 aliphatic heterocycles. The number of rotatable bonds is 9. The second-order valence-corrected chi connectivity index (χ2v) is 8.64. The molecule has 0 saturated carbocycles. The maximum absolute atomic E-state index is 12.4. The van der Waals surface area contributed by atoms with Gasteiger partial charge in [-0.2, -0.15) is 5.26 Å². The number of ether oxygens (including phenoxy) is 4. The number of carbonyl (C=O) groups excluding carboxylic acids is 1. The molecule has 180 valence electrons. The summed E-state index contributed by atoms with van der Waals surface area (Å²) in [6.45, 7) is 1.78. The van der Waals surface area contributed by atoms with Crippen LogP contribution >= 0.6 is 22.6 Å². The van der Waals surface area contributed by atoms with Gasteiger partial charge in [-0.15, -0.1) is 0 Å². The standard InChI is InChI=1S/C27H25IN2O5/c1-17-6-5-7-21(10-17)30-26(31)16-35-27-22(28)12-18(13-25(27)34-4)11-20(15-29)19-8-9-23(32-2)24(14-19)33-3/h5-14H,16H2,1-4H3,(H,30,31)/b20-11+. The van der Waals surface area contributed by atoms with Gasteiger partial charge in [0.05, 0.1) is 36.5 Å². The number of allylic oxidation sites excluding steroid dienone is 1. The zero-order chi connectivity index (χ0) is 25.4. The quantitative estimate of drug-likeness (QED) is 0.197. The van der Waals surface area contributed by atoms with E-state index in [0.29, 0.717) is 39.8 Å². The van der Waals surface area contributed by atoms with Crippen LogP contribution in [0.25, 0.3) is 11.6 Å². The first kappa shape index (κ1) is 25.9. The van der Waals surface area contributed by atoms with Crippen molar-refractivity contribution in [3.63, 3.8) is 0 Å². The van der Waals surface area contributed by atoms with E-state index in [1.54, 1.807) is 44.6 Å². The molecule has 0 heterocycles. The Bertz CT molecular complexity index is 1300. The molecule has 0 unspecified atom stereocenters. The predicted octanol–water partition coefficient (Wildman–Crippen LogP) is 5.71. The number of hydrogen-bond acceptors (Lipinski definition) is 6. The van der Waals surface area contributed by atoms with Crippen molar-refractivity contribution in [1.82, 2.24) is 0 Å². The zero-order valence-electron chi connectivity index (χ0n) is 19.8. The fourth-order valence-electron chi connectivity index (χ4n) is 3.37. The first-order valence-electron chi connectivity index (χ1n) is 10.6. The lowest BCUT2D eigenvalue weighted by Gasteiger charge is -2.14. The first-order chi connectivity index (χ1) is 16.9. The van der Waals surface area contributed by atoms with Crippen LogP contribution in [0.1, 0.15) is 16.7 Å². The molecule has 0 aromatic heterocycles. The number of aryl methyl sites for hydroxylation is 1. The maximum atomic E-state index is 12.4. The molecule has 0 bridgehead atoms. The number of anilines is 1. The minimum Gasteiger partial charge on any atom is -0.493 e. The van der Waals surface area contributed by atoms with Crippen molar-refractivity contribution in [2.24, 2.45) is 0 Å². The predicted molar refractivity (Wildman–Crippen MR) is 144 cm³/mol. The average molecular weight is 584 g/mol. The minimum atomic E-state index is -0.280. The summed E-state index contributed by atoms with van der Waals surface area (Å²) < 4.78 is 22.7. The molecule has 0 aliphatic rings. The Labute approximate surface area is 218 Å². The number of nitrogens with one attached hydrogen (secondary N) is 1. The van der Waals surface area contributed by atoms with Crippen LogP contribution in [0.4, 0.5) is 5.69 Å². The molecule has 0 fully saturated rings. The van der Waals surface area contributed by atoms with E-state index in [1.165, 1.54) is 7.11 Å². The molecular weight excluding hydrogens is 559 g/mol. The minimum absolute atomic E-state index is 0.176. The van der Waals surface area contributed by atoms with Crippen molar-refractivity contribution in [3.05, 3.63) is 74.9 Å². The van der Waals surface area contributed by atoms with E-state index in [2.05, 4.69) is 34.0 Å². The van der Waals surface area contributed by atoms with Gasteiger partial charge in [0.25, 0.3) is 5.91 Å². The summed E-state index contributed by atoms with van der Waals surface area (Å²) in [5.74, 6) is 1.74. The molecule has 0 radical (unpaired) electrons. The smallest absolute Gasteiger partial charge is 0.262 e. The normalized spacial score (nSPS) is 10.8. The number of nitriles is 1. The van der Waals surface area contributed by atoms with Gasteiger partial charge in [0.1, 0.15) is 0 Å². The maximum Gasteiger partial charge on any atom is 0.262 e. The van der Waals surface area contributed by atoms with E-state index in [9.17, 15) is 10.1 Å². The Kier molecular flexibility index (Phi) is 8.98. The Morgan fingerprint density at radius 3 is 2.40 bits per heavy atom. The first-order valence-corrected chi connectivity index (χ1v) is 11.7. The van der Waals surface area contributed by atoms with Crippen molar-refractivity contribution in [2.75, 3.05) is 33.3 Å². The van der Waals surface area contributed by atoms with Gasteiger partial charge < -0.3 is 24.3 Å². The number of hydrogen-bond donors (Lipinski definition) is 1. The van der Waals surface area contributed by atoms with Crippen molar-refractivity contribution < 1.29 is 23.7 Å². The highest BCUT2D eigenvalue weighted by Gasteiger charge is 2.15. The number of methoxy groups -OCH3 is 3. The van der Waals surface area contributed by atoms with Gasteiger partial charge in [0.15, 0.2) is 29.6 Å². The van der Waals surface area contributed by atoms with Crippen LogP contribution in [0.15, 0.2) is 54.6 Å². The van der Waals surface area contributed by atoms with Gasteiger partial charge in [-0.3, -0.25) is 4.79 Å². The van der Waals surface area contributed by atoms with Crippen LogP contribution in [0.2, 0.25) is 0 Å². The summed E-state index contributed by atoms with van der Waals surface area (Å²) in [7, 11) is 4.63. The number of nitrogens with zero attached hydrogens (tertiary/aromatic N) is 1. The van der Waals surface area contributed by atoms with Gasteiger partial charge in [-0.25, -0.2) is 0 Å². The number of benzene rings is 3. The third-order valence-electron chi connectivity index (χ3n) is 5.03. The average Bonchev–Trinajstić information content (AvgIpc) is 2.85. The van der Waals surface area contributed by atoms with Crippen molar-refractivity contribution in [2.45, 2.75) is 6.92 Å². The van der Waals surface area contributed by atoms with Gasteiger partial charge in [-0.1, -0.05) is 12.1 Å². The fraction of sp³-hybridized carbons (Fsp3) is 0.185. The number of carbonyl (C=O) groups is 1. The Morgan fingerprint density at radius 1 is 1.00 bits per heavy atom. The Balaban J connectivity index is 1.81. The van der Waals surface area contributed by atoms with Crippen molar-refractivity contribution in [3.8, 4) is 29.1 Å². The molecule has 3 rings (SSSR count). The lowest BCUT2D eigenvalue weighted by atomic mass is 10.0. The van der Waals surface area contributed by atoms with Crippen LogP contribution in [0, 0.1) is 21.8 Å². The van der Waals surface area contributed by atoms with Gasteiger partial charge in [0.2, 0.25) is 0 Å². The van der Waals surface area contributed by atoms with Gasteiger partial charge in [0, 0.05) is 5.69 Å². The molecule has 35 heavy (non-hydrogen) atoms. The molecule has 3 aromatic rings. The highest BCUT2D eigenvalue weighted by Crippen LogP contribution is 2.36. The lowest BCUT2D eigenvalue weighted by Crippen LogP contribution is -2.20. The van der Waals surface area contributed by atoms with E-state index in [-0.39, 0.29) is 12.5 Å². The third-order valence-corrected chi connectivity index (χ3v) is 5.83. The second-order valence-electron chi connectivity index (χ2n) is 7.48. The fourth-order valence-corrected chi connectivity index (χ4v) is 4.15. The summed E-state index contributed by atoms with van der Waals surface area (Å²) in [5.41, 5.74) is 3.63. The molecule has 7 nitrogen and oxygen atoms in total. The van der Waals surface area contributed by atoms with Gasteiger partial charge in [-0.05, 0) is 94.7 Å². The van der Waals surface area contributed by atoms with Crippen LogP contribution in [0.5, 0.6) is 23.0 Å². The number of halogens is 1. The SMILES string of the molecule is COc1ccc(/C(C#N)=C/c2cc(I)c(OCC(=O)Nc3cccc(C)c3)c(OC)c2)cc1OC. The molecular formula is C27H25IN2O5. The highest BCUT2D eigenvalue weighted by molar-refractivity contribution is 14.1. The summed E-state index contributed by atoms with van der Waals surface area (Å²) in [5, 5.41) is 12.6. The molecule has 0 aliphatic carbocycles. The Hall–Kier alpha value is -3.71. The van der Waals surface area contributed by atoms with Gasteiger partial charge >= 0.3 is 0 Å². The molecule has 8 heteroatoms. The monoisotopic (exact) mass is 584 g/mol.